The predicted molar refractivity (Wildman–Crippen MR) is 73.7 cm³/mol. The van der Waals surface area contributed by atoms with Gasteiger partial charge in [0.25, 0.3) is 0 Å². The standard InChI is InChI=1S/C14H20ClNO2/c1-10-3-4-14-11(5-10)6-13(18-14)8-16-12(7-15)9-17-2/h3-5,12-13,16H,6-9H2,1-2H3. The molecule has 100 valence electrons. The van der Waals surface area contributed by atoms with Crippen molar-refractivity contribution in [3.8, 4) is 5.75 Å². The average Bonchev–Trinajstić information content (AvgIpc) is 2.76. The molecule has 2 rings (SSSR count). The largest absolute Gasteiger partial charge is 0.488 e. The number of alkyl halides is 1. The Hall–Kier alpha value is -0.770. The maximum absolute atomic E-state index is 5.89. The summed E-state index contributed by atoms with van der Waals surface area (Å²) in [5, 5.41) is 3.38. The summed E-state index contributed by atoms with van der Waals surface area (Å²) in [5.74, 6) is 1.56. The van der Waals surface area contributed by atoms with Crippen molar-refractivity contribution in [1.29, 1.82) is 0 Å². The number of ether oxygens (including phenoxy) is 2. The predicted octanol–water partition coefficient (Wildman–Crippen LogP) is 2.14. The van der Waals surface area contributed by atoms with Crippen LogP contribution in [-0.4, -0.2) is 38.3 Å². The third-order valence-electron chi connectivity index (χ3n) is 3.15. The molecule has 1 N–H and O–H groups in total. The molecule has 2 unspecified atom stereocenters. The van der Waals surface area contributed by atoms with Crippen molar-refractivity contribution in [2.24, 2.45) is 0 Å². The van der Waals surface area contributed by atoms with Crippen LogP contribution in [0.25, 0.3) is 0 Å². The van der Waals surface area contributed by atoms with Crippen LogP contribution < -0.4 is 10.1 Å². The van der Waals surface area contributed by atoms with Gasteiger partial charge in [0.05, 0.1) is 6.61 Å². The molecule has 1 aromatic carbocycles. The first-order chi connectivity index (χ1) is 8.72. The summed E-state index contributed by atoms with van der Waals surface area (Å²) in [7, 11) is 1.69. The number of methoxy groups -OCH3 is 1. The molecule has 0 saturated carbocycles. The maximum Gasteiger partial charge on any atom is 0.123 e. The Morgan fingerprint density at radius 2 is 2.39 bits per heavy atom. The fourth-order valence-electron chi connectivity index (χ4n) is 2.22. The van der Waals surface area contributed by atoms with E-state index in [9.17, 15) is 0 Å². The highest BCUT2D eigenvalue weighted by Crippen LogP contribution is 2.29. The van der Waals surface area contributed by atoms with Gasteiger partial charge in [0, 0.05) is 32.0 Å². The van der Waals surface area contributed by atoms with Gasteiger partial charge >= 0.3 is 0 Å². The van der Waals surface area contributed by atoms with Gasteiger partial charge in [-0.05, 0) is 18.6 Å². The van der Waals surface area contributed by atoms with Crippen molar-refractivity contribution in [2.75, 3.05) is 26.1 Å². The Balaban J connectivity index is 1.84. The first-order valence-corrected chi connectivity index (χ1v) is 6.81. The molecule has 3 nitrogen and oxygen atoms in total. The minimum Gasteiger partial charge on any atom is -0.488 e. The summed E-state index contributed by atoms with van der Waals surface area (Å²) in [6.45, 7) is 3.53. The minimum atomic E-state index is 0.186. The lowest BCUT2D eigenvalue weighted by Gasteiger charge is -2.18. The molecule has 1 aliphatic heterocycles. The molecule has 2 atom stereocenters. The molecule has 0 spiro atoms. The van der Waals surface area contributed by atoms with E-state index in [1.807, 2.05) is 0 Å². The quantitative estimate of drug-likeness (QED) is 0.803. The highest BCUT2D eigenvalue weighted by atomic mass is 35.5. The van der Waals surface area contributed by atoms with Gasteiger partial charge in [-0.15, -0.1) is 11.6 Å². The topological polar surface area (TPSA) is 30.5 Å². The van der Waals surface area contributed by atoms with Gasteiger partial charge in [-0.2, -0.15) is 0 Å². The van der Waals surface area contributed by atoms with E-state index in [1.54, 1.807) is 7.11 Å². The molecule has 0 amide bonds. The summed E-state index contributed by atoms with van der Waals surface area (Å²) in [4.78, 5) is 0. The Kier molecular flexibility index (Phi) is 4.87. The molecule has 0 bridgehead atoms. The molecular weight excluding hydrogens is 250 g/mol. The second-order valence-electron chi connectivity index (χ2n) is 4.77. The zero-order chi connectivity index (χ0) is 13.0. The van der Waals surface area contributed by atoms with E-state index in [4.69, 9.17) is 21.1 Å². The monoisotopic (exact) mass is 269 g/mol. The van der Waals surface area contributed by atoms with Crippen LogP contribution in [0.2, 0.25) is 0 Å². The lowest BCUT2D eigenvalue weighted by molar-refractivity contribution is 0.161. The van der Waals surface area contributed by atoms with Crippen LogP contribution in [0.3, 0.4) is 0 Å². The van der Waals surface area contributed by atoms with E-state index in [0.29, 0.717) is 12.5 Å². The number of benzene rings is 1. The summed E-state index contributed by atoms with van der Waals surface area (Å²) in [6.07, 6.45) is 1.16. The summed E-state index contributed by atoms with van der Waals surface area (Å²) in [6, 6.07) is 6.52. The van der Waals surface area contributed by atoms with Gasteiger partial charge in [0.15, 0.2) is 0 Å². The van der Waals surface area contributed by atoms with Crippen molar-refractivity contribution in [3.05, 3.63) is 29.3 Å². The molecule has 1 aromatic rings. The number of nitrogens with one attached hydrogen (secondary N) is 1. The summed E-state index contributed by atoms with van der Waals surface area (Å²) < 4.78 is 11.0. The molecule has 1 heterocycles. The zero-order valence-electron chi connectivity index (χ0n) is 10.9. The van der Waals surface area contributed by atoms with Gasteiger partial charge in [-0.1, -0.05) is 17.7 Å². The molecular formula is C14H20ClNO2. The Morgan fingerprint density at radius 1 is 1.56 bits per heavy atom. The number of fused-ring (bicyclic) bond motifs is 1. The Bertz CT molecular complexity index is 397. The van der Waals surface area contributed by atoms with Gasteiger partial charge in [-0.25, -0.2) is 0 Å². The van der Waals surface area contributed by atoms with Crippen LogP contribution >= 0.6 is 11.6 Å². The zero-order valence-corrected chi connectivity index (χ0v) is 11.7. The van der Waals surface area contributed by atoms with Crippen LogP contribution in [0.5, 0.6) is 5.75 Å². The third-order valence-corrected chi connectivity index (χ3v) is 3.52. The molecule has 0 radical (unpaired) electrons. The van der Waals surface area contributed by atoms with E-state index in [2.05, 4.69) is 30.4 Å². The third kappa shape index (κ3) is 3.37. The van der Waals surface area contributed by atoms with E-state index in [1.165, 1.54) is 11.1 Å². The van der Waals surface area contributed by atoms with Crippen molar-refractivity contribution < 1.29 is 9.47 Å². The van der Waals surface area contributed by atoms with Gasteiger partial charge in [0.2, 0.25) is 0 Å². The van der Waals surface area contributed by atoms with Crippen LogP contribution in [0.1, 0.15) is 11.1 Å². The molecule has 0 saturated heterocycles. The molecule has 4 heteroatoms. The molecule has 0 fully saturated rings. The average molecular weight is 270 g/mol. The van der Waals surface area contributed by atoms with E-state index < -0.39 is 0 Å². The molecule has 1 aliphatic rings. The smallest absolute Gasteiger partial charge is 0.123 e. The lowest BCUT2D eigenvalue weighted by atomic mass is 10.1. The number of aryl methyl sites for hydroxylation is 1. The first kappa shape index (κ1) is 13.7. The SMILES string of the molecule is COCC(CCl)NCC1Cc2cc(C)ccc2O1. The Labute approximate surface area is 113 Å². The molecule has 18 heavy (non-hydrogen) atoms. The highest BCUT2D eigenvalue weighted by Gasteiger charge is 2.23. The second kappa shape index (κ2) is 6.41. The first-order valence-electron chi connectivity index (χ1n) is 6.27. The van der Waals surface area contributed by atoms with Crippen LogP contribution in [0, 0.1) is 6.92 Å². The number of rotatable bonds is 6. The summed E-state index contributed by atoms with van der Waals surface area (Å²) in [5.41, 5.74) is 2.58. The lowest BCUT2D eigenvalue weighted by Crippen LogP contribution is -2.41. The van der Waals surface area contributed by atoms with E-state index in [-0.39, 0.29) is 12.1 Å². The maximum atomic E-state index is 5.89. The van der Waals surface area contributed by atoms with Crippen LogP contribution in [0.4, 0.5) is 0 Å². The molecule has 0 aliphatic carbocycles. The van der Waals surface area contributed by atoms with E-state index in [0.717, 1.165) is 18.7 Å². The van der Waals surface area contributed by atoms with Crippen LogP contribution in [0.15, 0.2) is 18.2 Å². The van der Waals surface area contributed by atoms with Gasteiger partial charge in [-0.3, -0.25) is 0 Å². The number of halogens is 1. The van der Waals surface area contributed by atoms with Crippen molar-refractivity contribution in [3.63, 3.8) is 0 Å². The fourth-order valence-corrected chi connectivity index (χ4v) is 2.42. The highest BCUT2D eigenvalue weighted by molar-refractivity contribution is 6.18. The van der Waals surface area contributed by atoms with Crippen molar-refractivity contribution in [1.82, 2.24) is 5.32 Å². The van der Waals surface area contributed by atoms with Crippen molar-refractivity contribution >= 4 is 11.6 Å². The Morgan fingerprint density at radius 3 is 3.11 bits per heavy atom. The number of hydrogen-bond donors (Lipinski definition) is 1. The van der Waals surface area contributed by atoms with E-state index >= 15 is 0 Å². The number of hydrogen-bond acceptors (Lipinski definition) is 3. The molecule has 0 aromatic heterocycles. The second-order valence-corrected chi connectivity index (χ2v) is 5.08. The normalized spacial score (nSPS) is 19.4. The summed E-state index contributed by atoms with van der Waals surface area (Å²) >= 11 is 5.86. The van der Waals surface area contributed by atoms with Gasteiger partial charge in [0.1, 0.15) is 11.9 Å². The fraction of sp³-hybridized carbons (Fsp3) is 0.571. The van der Waals surface area contributed by atoms with Crippen LogP contribution in [-0.2, 0) is 11.2 Å². The van der Waals surface area contributed by atoms with Crippen molar-refractivity contribution in [2.45, 2.75) is 25.5 Å². The minimum absolute atomic E-state index is 0.186. The van der Waals surface area contributed by atoms with Gasteiger partial charge < -0.3 is 14.8 Å².